The van der Waals surface area contributed by atoms with Crippen LogP contribution in [0.2, 0.25) is 0 Å². The van der Waals surface area contributed by atoms with Crippen LogP contribution in [0.4, 0.5) is 18.9 Å². The van der Waals surface area contributed by atoms with Crippen molar-refractivity contribution in [3.8, 4) is 11.4 Å². The molecule has 0 radical (unpaired) electrons. The van der Waals surface area contributed by atoms with E-state index < -0.39 is 6.30 Å². The Kier molecular flexibility index (Phi) is 5.85. The number of nitrogens with zero attached hydrogens (tertiary/aromatic N) is 8. The zero-order chi connectivity index (χ0) is 25.6. The SMILES string of the molecule is CC1=CN(C(F)(F)F)CN1c1ccc(Cn2ncc3cnc(-c4c(C)ncnc4C(C)C)nc32)cc1. The second-order valence-electron chi connectivity index (χ2n) is 9.09. The van der Waals surface area contributed by atoms with Gasteiger partial charge in [-0.25, -0.2) is 24.6 Å². The maximum absolute atomic E-state index is 13.1. The van der Waals surface area contributed by atoms with E-state index in [0.717, 1.165) is 34.1 Å². The van der Waals surface area contributed by atoms with Crippen LogP contribution >= 0.6 is 0 Å². The highest BCUT2D eigenvalue weighted by Crippen LogP contribution is 2.32. The van der Waals surface area contributed by atoms with E-state index in [0.29, 0.717) is 34.3 Å². The monoisotopic (exact) mass is 494 g/mol. The van der Waals surface area contributed by atoms with Crippen LogP contribution in [0.5, 0.6) is 0 Å². The van der Waals surface area contributed by atoms with Crippen molar-refractivity contribution >= 4 is 16.7 Å². The van der Waals surface area contributed by atoms with Gasteiger partial charge in [-0.1, -0.05) is 26.0 Å². The summed E-state index contributed by atoms with van der Waals surface area (Å²) in [7, 11) is 0. The van der Waals surface area contributed by atoms with Crippen molar-refractivity contribution in [1.82, 2.24) is 34.6 Å². The Bertz CT molecular complexity index is 1440. The lowest BCUT2D eigenvalue weighted by atomic mass is 10.0. The molecule has 5 rings (SSSR count). The smallest absolute Gasteiger partial charge is 0.326 e. The average Bonchev–Trinajstić information content (AvgIpc) is 3.42. The Labute approximate surface area is 206 Å². The molecule has 1 aliphatic heterocycles. The number of anilines is 1. The minimum Gasteiger partial charge on any atom is -0.326 e. The molecule has 1 aliphatic rings. The lowest BCUT2D eigenvalue weighted by Gasteiger charge is -2.24. The van der Waals surface area contributed by atoms with E-state index in [4.69, 9.17) is 4.98 Å². The number of halogens is 3. The summed E-state index contributed by atoms with van der Waals surface area (Å²) >= 11 is 0. The molecule has 0 bridgehead atoms. The fourth-order valence-corrected chi connectivity index (χ4v) is 4.30. The van der Waals surface area contributed by atoms with E-state index in [1.807, 2.05) is 31.2 Å². The Morgan fingerprint density at radius 3 is 2.42 bits per heavy atom. The van der Waals surface area contributed by atoms with Crippen molar-refractivity contribution < 1.29 is 13.2 Å². The summed E-state index contributed by atoms with van der Waals surface area (Å²) in [6, 6.07) is 7.41. The molecule has 0 spiro atoms. The van der Waals surface area contributed by atoms with E-state index in [9.17, 15) is 13.2 Å². The number of aryl methyl sites for hydroxylation is 1. The van der Waals surface area contributed by atoms with Gasteiger partial charge in [0.1, 0.15) is 13.0 Å². The summed E-state index contributed by atoms with van der Waals surface area (Å²) in [5.74, 6) is 0.730. The Hall–Kier alpha value is -4.02. The first-order valence-corrected chi connectivity index (χ1v) is 11.5. The molecular formula is C25H25F3N8. The molecule has 0 unspecified atom stereocenters. The normalized spacial score (nSPS) is 14.3. The van der Waals surface area contributed by atoms with Gasteiger partial charge >= 0.3 is 6.30 Å². The third-order valence-electron chi connectivity index (χ3n) is 6.18. The molecule has 3 aromatic heterocycles. The van der Waals surface area contributed by atoms with Crippen LogP contribution in [-0.4, -0.2) is 47.6 Å². The molecule has 0 fully saturated rings. The molecule has 0 atom stereocenters. The zero-order valence-corrected chi connectivity index (χ0v) is 20.3. The topological polar surface area (TPSA) is 75.9 Å². The van der Waals surface area contributed by atoms with Gasteiger partial charge in [-0.15, -0.1) is 0 Å². The standard InChI is InChI=1S/C25H25F3N8/c1-15(2)22-21(17(4)30-13-31-22)23-29-9-19-10-32-36(24(19)33-23)12-18-5-7-20(8-6-18)35-14-34(11-16(35)3)25(26,27)28/h5-11,13,15H,12,14H2,1-4H3. The van der Waals surface area contributed by atoms with Gasteiger partial charge in [0, 0.05) is 23.8 Å². The van der Waals surface area contributed by atoms with Gasteiger partial charge in [0.05, 0.1) is 35.1 Å². The van der Waals surface area contributed by atoms with Crippen LogP contribution in [0.3, 0.4) is 0 Å². The van der Waals surface area contributed by atoms with E-state index in [1.165, 1.54) is 0 Å². The Morgan fingerprint density at radius 2 is 1.75 bits per heavy atom. The first kappa shape index (κ1) is 23.7. The lowest BCUT2D eigenvalue weighted by molar-refractivity contribution is -0.224. The number of fused-ring (bicyclic) bond motifs is 1. The molecule has 0 saturated carbocycles. The van der Waals surface area contributed by atoms with E-state index in [-0.39, 0.29) is 12.6 Å². The summed E-state index contributed by atoms with van der Waals surface area (Å²) in [4.78, 5) is 20.1. The lowest BCUT2D eigenvalue weighted by Crippen LogP contribution is -2.36. The summed E-state index contributed by atoms with van der Waals surface area (Å²) in [6.45, 7) is 7.90. The molecule has 0 aliphatic carbocycles. The number of alkyl halides is 3. The predicted octanol–water partition coefficient (Wildman–Crippen LogP) is 5.22. The predicted molar refractivity (Wildman–Crippen MR) is 130 cm³/mol. The number of aromatic nitrogens is 6. The minimum atomic E-state index is -4.40. The highest BCUT2D eigenvalue weighted by molar-refractivity contribution is 5.76. The summed E-state index contributed by atoms with van der Waals surface area (Å²) in [6.07, 6.45) is 1.73. The number of benzene rings is 1. The van der Waals surface area contributed by atoms with E-state index in [1.54, 1.807) is 35.2 Å². The molecule has 8 nitrogen and oxygen atoms in total. The third kappa shape index (κ3) is 4.36. The zero-order valence-electron chi connectivity index (χ0n) is 20.3. The third-order valence-corrected chi connectivity index (χ3v) is 6.18. The second-order valence-corrected chi connectivity index (χ2v) is 9.09. The molecule has 1 aromatic carbocycles. The van der Waals surface area contributed by atoms with Gasteiger partial charge in [0.25, 0.3) is 0 Å². The van der Waals surface area contributed by atoms with Crippen molar-refractivity contribution in [3.05, 3.63) is 71.8 Å². The number of allylic oxidation sites excluding steroid dienone is 1. The van der Waals surface area contributed by atoms with Gasteiger partial charge in [-0.3, -0.25) is 4.90 Å². The first-order valence-electron chi connectivity index (χ1n) is 11.5. The summed E-state index contributed by atoms with van der Waals surface area (Å²) in [5.41, 5.74) is 5.37. The van der Waals surface area contributed by atoms with Gasteiger partial charge in [-0.05, 0) is 37.5 Å². The fraction of sp³-hybridized carbons (Fsp3) is 0.320. The molecule has 4 heterocycles. The molecular weight excluding hydrogens is 469 g/mol. The van der Waals surface area contributed by atoms with Crippen LogP contribution in [0.15, 0.2) is 54.9 Å². The van der Waals surface area contributed by atoms with Crippen LogP contribution < -0.4 is 4.90 Å². The van der Waals surface area contributed by atoms with Crippen LogP contribution in [-0.2, 0) is 6.54 Å². The molecule has 0 N–H and O–H groups in total. The maximum atomic E-state index is 13.1. The summed E-state index contributed by atoms with van der Waals surface area (Å²) in [5, 5.41) is 5.29. The molecule has 0 amide bonds. The minimum absolute atomic E-state index is 0.182. The van der Waals surface area contributed by atoms with Crippen LogP contribution in [0.25, 0.3) is 22.4 Å². The second kappa shape index (κ2) is 8.89. The maximum Gasteiger partial charge on any atom is 0.485 e. The largest absolute Gasteiger partial charge is 0.485 e. The first-order chi connectivity index (χ1) is 17.1. The molecule has 0 saturated heterocycles. The number of rotatable bonds is 5. The number of hydrogen-bond donors (Lipinski definition) is 0. The average molecular weight is 495 g/mol. The van der Waals surface area contributed by atoms with Gasteiger partial charge < -0.3 is 4.90 Å². The van der Waals surface area contributed by atoms with Crippen molar-refractivity contribution in [2.75, 3.05) is 11.6 Å². The Morgan fingerprint density at radius 1 is 1.00 bits per heavy atom. The molecule has 4 aromatic rings. The number of hydrogen-bond acceptors (Lipinski definition) is 7. The van der Waals surface area contributed by atoms with Gasteiger partial charge in [-0.2, -0.15) is 18.3 Å². The quantitative estimate of drug-likeness (QED) is 0.352. The fourth-order valence-electron chi connectivity index (χ4n) is 4.30. The van der Waals surface area contributed by atoms with Crippen molar-refractivity contribution in [2.24, 2.45) is 0 Å². The molecule has 186 valence electrons. The summed E-state index contributed by atoms with van der Waals surface area (Å²) < 4.78 is 41.0. The molecule has 36 heavy (non-hydrogen) atoms. The van der Waals surface area contributed by atoms with Gasteiger partial charge in [0.2, 0.25) is 0 Å². The van der Waals surface area contributed by atoms with Crippen molar-refractivity contribution in [1.29, 1.82) is 0 Å². The van der Waals surface area contributed by atoms with Gasteiger partial charge in [0.15, 0.2) is 11.5 Å². The van der Waals surface area contributed by atoms with Crippen LogP contribution in [0.1, 0.15) is 43.6 Å². The highest BCUT2D eigenvalue weighted by atomic mass is 19.4. The molecule has 11 heteroatoms. The van der Waals surface area contributed by atoms with Crippen molar-refractivity contribution in [2.45, 2.75) is 46.5 Å². The highest BCUT2D eigenvalue weighted by Gasteiger charge is 2.39. The van der Waals surface area contributed by atoms with E-state index >= 15 is 0 Å². The van der Waals surface area contributed by atoms with E-state index in [2.05, 4.69) is 33.9 Å². The van der Waals surface area contributed by atoms with Crippen molar-refractivity contribution in [3.63, 3.8) is 0 Å². The van der Waals surface area contributed by atoms with Crippen LogP contribution in [0, 0.1) is 6.92 Å². The Balaban J connectivity index is 1.41.